The van der Waals surface area contributed by atoms with E-state index in [1.807, 2.05) is 0 Å². The molecular formula is C37H44BF4P2Rh+. The third-order valence-corrected chi connectivity index (χ3v) is 13.2. The normalized spacial score (nSPS) is 14.8. The predicted octanol–water partition coefficient (Wildman–Crippen LogP) is 6.03. The molecule has 1 radical (unpaired) electrons. The molecule has 45 heavy (non-hydrogen) atoms. The van der Waals surface area contributed by atoms with Crippen molar-refractivity contribution in [3.05, 3.63) is 160 Å². The van der Waals surface area contributed by atoms with Crippen LogP contribution in [0.4, 0.5) is 12.9 Å². The van der Waals surface area contributed by atoms with E-state index in [1.165, 1.54) is 52.8 Å². The number of hydrogen-bond acceptors (Lipinski definition) is 0. The minimum atomic E-state index is -3.67. The van der Waals surface area contributed by atoms with Gasteiger partial charge in [0, 0.05) is 0 Å². The SMILES string of the molecule is C1=CC2C=CC1C2.FB(F)F.[CH3-].[CH3-].[F-].[Rh+2].c1ccc([PH+](CCCC[PH+](c2ccccc2)c2ccccc2)c2ccccc2)cc1. The minimum Gasteiger partial charge on any atom is -1.00 e. The van der Waals surface area contributed by atoms with Crippen molar-refractivity contribution < 1.29 is 37.1 Å². The van der Waals surface area contributed by atoms with E-state index in [1.54, 1.807) is 0 Å². The van der Waals surface area contributed by atoms with Gasteiger partial charge in [0.15, 0.2) is 0 Å². The summed E-state index contributed by atoms with van der Waals surface area (Å²) in [5, 5.41) is 6.13. The van der Waals surface area contributed by atoms with Crippen LogP contribution in [0, 0.1) is 26.7 Å². The molecule has 0 N–H and O–H groups in total. The van der Waals surface area contributed by atoms with Gasteiger partial charge >= 0.3 is 27.0 Å². The van der Waals surface area contributed by atoms with Crippen LogP contribution < -0.4 is 25.9 Å². The topological polar surface area (TPSA) is 0 Å². The van der Waals surface area contributed by atoms with Crippen LogP contribution in [-0.2, 0) is 19.5 Å². The standard InChI is InChI=1S/C28H28P2.C7H8.2CH3.BF3.FH.Rh/c1-5-15-25(16-6-1)29(26-17-7-2-8-18-26)23-13-14-24-30(27-19-9-3-10-20-27)28-21-11-4-12-22-28;1-2-7-4-3-6(1)5-7;;;2-1(3)4;;/h1-12,15-22H,13-14,23-24H2;1-4,6-7H,5H2;2*1H3;;1H;/q;;2*-1;;;+2/p+1. The van der Waals surface area contributed by atoms with E-state index in [0.29, 0.717) is 0 Å². The monoisotopic (exact) mass is 740 g/mol. The van der Waals surface area contributed by atoms with Crippen LogP contribution in [0.25, 0.3) is 0 Å². The first kappa shape index (κ1) is 42.6. The summed E-state index contributed by atoms with van der Waals surface area (Å²) in [4.78, 5) is 0. The Bertz CT molecular complexity index is 1140. The molecule has 0 amide bonds. The van der Waals surface area contributed by atoms with E-state index in [-0.39, 0.29) is 39.0 Å². The van der Waals surface area contributed by atoms with Gasteiger partial charge in [0.05, 0.1) is 49.4 Å². The fourth-order valence-electron chi connectivity index (χ4n) is 5.40. The maximum atomic E-state index is 9.67. The fraction of sp³-hybridized carbons (Fsp3) is 0.189. The Morgan fingerprint density at radius 1 is 0.489 bits per heavy atom. The molecule has 4 aromatic rings. The summed E-state index contributed by atoms with van der Waals surface area (Å²) in [6.07, 6.45) is 15.7. The summed E-state index contributed by atoms with van der Waals surface area (Å²) < 4.78 is 29.0. The van der Waals surface area contributed by atoms with Crippen LogP contribution in [-0.4, -0.2) is 19.9 Å². The van der Waals surface area contributed by atoms with Gasteiger partial charge in [-0.3, -0.25) is 12.9 Å². The van der Waals surface area contributed by atoms with Gasteiger partial charge in [-0.25, -0.2) is 0 Å². The second kappa shape index (κ2) is 23.9. The van der Waals surface area contributed by atoms with Crippen LogP contribution in [0.3, 0.4) is 0 Å². The van der Waals surface area contributed by atoms with Crippen molar-refractivity contribution in [3.63, 3.8) is 0 Å². The Morgan fingerprint density at radius 3 is 0.889 bits per heavy atom. The van der Waals surface area contributed by atoms with Crippen molar-refractivity contribution >= 4 is 44.6 Å². The molecule has 6 rings (SSSR count). The first-order valence-electron chi connectivity index (χ1n) is 14.3. The van der Waals surface area contributed by atoms with E-state index in [0.717, 1.165) is 11.8 Å². The molecule has 0 heterocycles. The van der Waals surface area contributed by atoms with Gasteiger partial charge in [0.25, 0.3) is 0 Å². The molecular weight excluding hydrogens is 696 g/mol. The number of fused-ring (bicyclic) bond motifs is 2. The fourth-order valence-corrected chi connectivity index (χ4v) is 10.8. The third-order valence-electron chi connectivity index (χ3n) is 7.35. The third kappa shape index (κ3) is 14.7. The van der Waals surface area contributed by atoms with E-state index < -0.39 is 23.4 Å². The summed E-state index contributed by atoms with van der Waals surface area (Å²) in [6, 6.07) is 44.6. The van der Waals surface area contributed by atoms with Gasteiger partial charge in [-0.1, -0.05) is 97.1 Å². The van der Waals surface area contributed by atoms with E-state index in [9.17, 15) is 12.9 Å². The number of halogens is 4. The molecule has 2 aliphatic rings. The van der Waals surface area contributed by atoms with Crippen molar-refractivity contribution in [1.82, 2.24) is 0 Å². The molecule has 0 spiro atoms. The Balaban J connectivity index is 0.00000109. The number of benzene rings is 4. The molecule has 0 unspecified atom stereocenters. The van der Waals surface area contributed by atoms with Crippen LogP contribution in [0.1, 0.15) is 19.3 Å². The minimum absolute atomic E-state index is 0. The van der Waals surface area contributed by atoms with Crippen molar-refractivity contribution in [2.24, 2.45) is 11.8 Å². The molecule has 2 aliphatic carbocycles. The number of unbranched alkanes of at least 4 members (excludes halogenated alkanes) is 1. The summed E-state index contributed by atoms with van der Waals surface area (Å²) in [7, 11) is -5.10. The van der Waals surface area contributed by atoms with E-state index in [4.69, 9.17) is 0 Å². The van der Waals surface area contributed by atoms with Crippen molar-refractivity contribution in [2.75, 3.05) is 12.3 Å². The van der Waals surface area contributed by atoms with E-state index >= 15 is 0 Å². The molecule has 0 saturated carbocycles. The van der Waals surface area contributed by atoms with Crippen molar-refractivity contribution in [1.29, 1.82) is 0 Å². The second-order valence-electron chi connectivity index (χ2n) is 10.2. The second-order valence-corrected chi connectivity index (χ2v) is 15.4. The summed E-state index contributed by atoms with van der Waals surface area (Å²) in [5.41, 5.74) is 0. The molecule has 241 valence electrons. The molecule has 0 atom stereocenters. The quantitative estimate of drug-likeness (QED) is 0.0492. The zero-order valence-electron chi connectivity index (χ0n) is 26.0. The summed E-state index contributed by atoms with van der Waals surface area (Å²) in [6.45, 7) is 0. The first-order chi connectivity index (χ1) is 20.1. The number of hydrogen-bond donors (Lipinski definition) is 0. The molecule has 0 fully saturated rings. The van der Waals surface area contributed by atoms with Crippen molar-refractivity contribution in [3.8, 4) is 0 Å². The number of rotatable bonds is 9. The molecule has 0 aromatic heterocycles. The van der Waals surface area contributed by atoms with Crippen LogP contribution >= 0.6 is 15.8 Å². The van der Waals surface area contributed by atoms with Crippen LogP contribution in [0.2, 0.25) is 0 Å². The average Bonchev–Trinajstić information content (AvgIpc) is 3.68. The molecule has 0 saturated heterocycles. The maximum Gasteiger partial charge on any atom is 2.00 e. The molecule has 2 bridgehead atoms. The Hall–Kier alpha value is -2.37. The predicted molar refractivity (Wildman–Crippen MR) is 192 cm³/mol. The van der Waals surface area contributed by atoms with Crippen LogP contribution in [0.15, 0.2) is 146 Å². The van der Waals surface area contributed by atoms with E-state index in [2.05, 4.69) is 146 Å². The number of allylic oxidation sites excluding steroid dienone is 4. The van der Waals surface area contributed by atoms with Crippen molar-refractivity contribution in [2.45, 2.75) is 19.3 Å². The Kier molecular flexibility index (Phi) is 22.6. The smallest absolute Gasteiger partial charge is 1.00 e. The van der Waals surface area contributed by atoms with Gasteiger partial charge in [-0.2, -0.15) is 0 Å². The van der Waals surface area contributed by atoms with Crippen LogP contribution in [0.5, 0.6) is 0 Å². The van der Waals surface area contributed by atoms with Gasteiger partial charge in [0.1, 0.15) is 0 Å². The zero-order chi connectivity index (χ0) is 28.7. The first-order valence-corrected chi connectivity index (χ1v) is 17.7. The van der Waals surface area contributed by atoms with Gasteiger partial charge in [-0.15, -0.1) is 0 Å². The van der Waals surface area contributed by atoms with Gasteiger partial charge < -0.3 is 19.6 Å². The van der Waals surface area contributed by atoms with Gasteiger partial charge in [0.2, 0.25) is 0 Å². The molecule has 8 heteroatoms. The Morgan fingerprint density at radius 2 is 0.711 bits per heavy atom. The molecule has 4 aromatic carbocycles. The maximum absolute atomic E-state index is 9.67. The summed E-state index contributed by atoms with van der Waals surface area (Å²) in [5.74, 6) is 1.62. The zero-order valence-corrected chi connectivity index (χ0v) is 29.6. The molecule has 0 aliphatic heterocycles. The summed E-state index contributed by atoms with van der Waals surface area (Å²) >= 11 is 0. The molecule has 0 nitrogen and oxygen atoms in total. The average molecular weight is 740 g/mol. The Labute approximate surface area is 284 Å². The van der Waals surface area contributed by atoms with Gasteiger partial charge in [-0.05, 0) is 79.6 Å². The largest absolute Gasteiger partial charge is 2.00 e.